The first-order valence-corrected chi connectivity index (χ1v) is 3.98. The summed E-state index contributed by atoms with van der Waals surface area (Å²) in [6.45, 7) is 2.91. The van der Waals surface area contributed by atoms with E-state index < -0.39 is 11.6 Å². The lowest BCUT2D eigenvalue weighted by Gasteiger charge is -2.19. The third-order valence-electron chi connectivity index (χ3n) is 1.61. The quantitative estimate of drug-likeness (QED) is 0.710. The molecule has 0 aliphatic heterocycles. The van der Waals surface area contributed by atoms with Crippen LogP contribution in [0.2, 0.25) is 0 Å². The molecular weight excluding hydrogens is 168 g/mol. The fraction of sp³-hybridized carbons (Fsp3) is 0.300. The Morgan fingerprint density at radius 1 is 1.23 bits per heavy atom. The van der Waals surface area contributed by atoms with Gasteiger partial charge in [-0.2, -0.15) is 0 Å². The van der Waals surface area contributed by atoms with Gasteiger partial charge in [0.15, 0.2) is 0 Å². The van der Waals surface area contributed by atoms with Crippen molar-refractivity contribution in [3.63, 3.8) is 0 Å². The van der Waals surface area contributed by atoms with Crippen LogP contribution in [0.1, 0.15) is 13.8 Å². The van der Waals surface area contributed by atoms with E-state index in [0.717, 1.165) is 0 Å². The number of carbonyl (C=O) groups is 1. The largest absolute Gasteiger partial charge is 0.476 e. The van der Waals surface area contributed by atoms with Crippen molar-refractivity contribution in [1.82, 2.24) is 0 Å². The normalized spacial score (nSPS) is 10.9. The molecule has 0 aliphatic carbocycles. The highest BCUT2D eigenvalue weighted by Crippen LogP contribution is 2.17. The molecular formula is C10H11O3. The summed E-state index contributed by atoms with van der Waals surface area (Å²) in [5, 5.41) is 10.6. The lowest BCUT2D eigenvalue weighted by atomic mass is 10.1. The minimum Gasteiger partial charge on any atom is -0.476 e. The maximum Gasteiger partial charge on any atom is 0.398 e. The van der Waals surface area contributed by atoms with Crippen molar-refractivity contribution in [1.29, 1.82) is 0 Å². The molecule has 0 atom stereocenters. The zero-order valence-corrected chi connectivity index (χ0v) is 7.61. The molecule has 13 heavy (non-hydrogen) atoms. The van der Waals surface area contributed by atoms with Gasteiger partial charge in [0, 0.05) is 0 Å². The maximum absolute atomic E-state index is 10.6. The van der Waals surface area contributed by atoms with Crippen LogP contribution >= 0.6 is 0 Å². The Labute approximate surface area is 77.0 Å². The summed E-state index contributed by atoms with van der Waals surface area (Å²) in [5.74, 6) is -0.701. The molecule has 0 saturated heterocycles. The lowest BCUT2D eigenvalue weighted by molar-refractivity contribution is -0.158. The Morgan fingerprint density at radius 3 is 2.23 bits per heavy atom. The van der Waals surface area contributed by atoms with Crippen LogP contribution in [-0.4, -0.2) is 11.6 Å². The van der Waals surface area contributed by atoms with Gasteiger partial charge in [-0.25, -0.2) is 9.90 Å². The molecule has 3 nitrogen and oxygen atoms in total. The average molecular weight is 179 g/mol. The van der Waals surface area contributed by atoms with Crippen molar-refractivity contribution in [2.75, 3.05) is 0 Å². The number of carbonyl (C=O) groups excluding carboxylic acids is 1. The summed E-state index contributed by atoms with van der Waals surface area (Å²) >= 11 is 0. The summed E-state index contributed by atoms with van der Waals surface area (Å²) < 4.78 is 5.20. The average Bonchev–Trinajstić information content (AvgIpc) is 2.05. The van der Waals surface area contributed by atoms with Crippen molar-refractivity contribution in [2.24, 2.45) is 0 Å². The molecule has 0 fully saturated rings. The summed E-state index contributed by atoms with van der Waals surface area (Å²) in [5.41, 5.74) is -1.29. The molecule has 3 heteroatoms. The Balaban J connectivity index is 2.75. The summed E-state index contributed by atoms with van der Waals surface area (Å²) in [6.07, 6.45) is 0. The van der Waals surface area contributed by atoms with Crippen molar-refractivity contribution >= 4 is 5.97 Å². The van der Waals surface area contributed by atoms with Crippen LogP contribution in [-0.2, 0) is 9.90 Å². The Hall–Kier alpha value is -1.51. The highest BCUT2D eigenvalue weighted by Gasteiger charge is 2.31. The van der Waals surface area contributed by atoms with Gasteiger partial charge in [0.2, 0.25) is 5.60 Å². The smallest absolute Gasteiger partial charge is 0.398 e. The second-order valence-corrected chi connectivity index (χ2v) is 3.21. The van der Waals surface area contributed by atoms with Gasteiger partial charge in [-0.15, -0.1) is 0 Å². The number of hydrogen-bond donors (Lipinski definition) is 0. The van der Waals surface area contributed by atoms with E-state index in [1.807, 2.05) is 6.07 Å². The first kappa shape index (κ1) is 9.58. The molecule has 0 aromatic heterocycles. The third kappa shape index (κ3) is 2.47. The molecule has 1 aromatic carbocycles. The molecule has 1 radical (unpaired) electrons. The van der Waals surface area contributed by atoms with Gasteiger partial charge < -0.3 is 4.74 Å². The van der Waals surface area contributed by atoms with Crippen molar-refractivity contribution < 1.29 is 14.6 Å². The Bertz CT molecular complexity index is 290. The van der Waals surface area contributed by atoms with E-state index in [2.05, 4.69) is 0 Å². The van der Waals surface area contributed by atoms with Crippen molar-refractivity contribution in [3.8, 4) is 5.75 Å². The molecule has 0 heterocycles. The van der Waals surface area contributed by atoms with Crippen LogP contribution in [0.4, 0.5) is 0 Å². The van der Waals surface area contributed by atoms with Gasteiger partial charge in [0.05, 0.1) is 0 Å². The predicted molar refractivity (Wildman–Crippen MR) is 46.8 cm³/mol. The Kier molecular flexibility index (Phi) is 2.56. The van der Waals surface area contributed by atoms with E-state index in [-0.39, 0.29) is 0 Å². The first-order valence-electron chi connectivity index (χ1n) is 3.98. The second-order valence-electron chi connectivity index (χ2n) is 3.21. The van der Waals surface area contributed by atoms with E-state index in [4.69, 9.17) is 4.74 Å². The summed E-state index contributed by atoms with van der Waals surface area (Å²) in [7, 11) is 0. The van der Waals surface area contributed by atoms with Gasteiger partial charge in [0.25, 0.3) is 0 Å². The highest BCUT2D eigenvalue weighted by molar-refractivity contribution is 5.76. The number of rotatable bonds is 3. The van der Waals surface area contributed by atoms with Crippen molar-refractivity contribution in [3.05, 3.63) is 30.3 Å². The number of para-hydroxylation sites is 1. The van der Waals surface area contributed by atoms with E-state index in [9.17, 15) is 9.90 Å². The van der Waals surface area contributed by atoms with Crippen molar-refractivity contribution in [2.45, 2.75) is 19.4 Å². The van der Waals surface area contributed by atoms with Crippen LogP contribution in [0.25, 0.3) is 0 Å². The molecule has 0 unspecified atom stereocenters. The molecule has 0 saturated carbocycles. The van der Waals surface area contributed by atoms with E-state index >= 15 is 0 Å². The second kappa shape index (κ2) is 3.47. The summed E-state index contributed by atoms with van der Waals surface area (Å²) in [4.78, 5) is 10.6. The van der Waals surface area contributed by atoms with E-state index in [1.54, 1.807) is 24.3 Å². The lowest BCUT2D eigenvalue weighted by Crippen LogP contribution is -2.37. The molecule has 0 amide bonds. The van der Waals surface area contributed by atoms with Gasteiger partial charge in [0.1, 0.15) is 5.75 Å². The fourth-order valence-electron chi connectivity index (χ4n) is 0.825. The van der Waals surface area contributed by atoms with Crippen LogP contribution in [0.5, 0.6) is 5.75 Å². The topological polar surface area (TPSA) is 46.2 Å². The molecule has 1 rings (SSSR count). The molecule has 0 N–H and O–H groups in total. The molecule has 0 spiro atoms. The first-order chi connectivity index (χ1) is 6.02. The minimum atomic E-state index is -1.29. The fourth-order valence-corrected chi connectivity index (χ4v) is 0.825. The van der Waals surface area contributed by atoms with Crippen LogP contribution in [0.3, 0.4) is 0 Å². The maximum atomic E-state index is 10.6. The molecule has 0 bridgehead atoms. The zero-order chi connectivity index (χ0) is 9.90. The van der Waals surface area contributed by atoms with E-state index in [1.165, 1.54) is 13.8 Å². The minimum absolute atomic E-state index is 0.525. The van der Waals surface area contributed by atoms with Gasteiger partial charge in [-0.3, -0.25) is 0 Å². The Morgan fingerprint density at radius 2 is 1.77 bits per heavy atom. The highest BCUT2D eigenvalue weighted by atomic mass is 16.5. The molecule has 0 aliphatic rings. The third-order valence-corrected chi connectivity index (χ3v) is 1.61. The standard InChI is InChI=1S/C10H11O3/c1-10(2,9(11)12)13-8-6-4-3-5-7-8/h3-7H,1-2H3. The van der Waals surface area contributed by atoms with Gasteiger partial charge >= 0.3 is 5.97 Å². The van der Waals surface area contributed by atoms with Gasteiger partial charge in [-0.1, -0.05) is 18.2 Å². The predicted octanol–water partition coefficient (Wildman–Crippen LogP) is 1.80. The number of ether oxygens (including phenoxy) is 1. The zero-order valence-electron chi connectivity index (χ0n) is 7.61. The SMILES string of the molecule is CC(C)(Oc1ccccc1)C([O])=O. The van der Waals surface area contributed by atoms with Crippen LogP contribution < -0.4 is 4.74 Å². The number of benzene rings is 1. The van der Waals surface area contributed by atoms with Crippen LogP contribution in [0, 0.1) is 0 Å². The monoisotopic (exact) mass is 179 g/mol. The molecule has 1 aromatic rings. The number of hydrogen-bond acceptors (Lipinski definition) is 2. The van der Waals surface area contributed by atoms with Crippen LogP contribution in [0.15, 0.2) is 30.3 Å². The van der Waals surface area contributed by atoms with Gasteiger partial charge in [-0.05, 0) is 26.0 Å². The summed E-state index contributed by atoms with van der Waals surface area (Å²) in [6, 6.07) is 8.79. The van der Waals surface area contributed by atoms with E-state index in [0.29, 0.717) is 5.75 Å². The molecule has 69 valence electrons.